The van der Waals surface area contributed by atoms with E-state index in [9.17, 15) is 5.11 Å². The van der Waals surface area contributed by atoms with E-state index in [1.165, 1.54) is 0 Å². The highest BCUT2D eigenvalue weighted by molar-refractivity contribution is 9.10. The van der Waals surface area contributed by atoms with Gasteiger partial charge in [0.1, 0.15) is 0 Å². The molecule has 12 heavy (non-hydrogen) atoms. The first kappa shape index (κ1) is 10.2. The molecule has 0 radical (unpaired) electrons. The van der Waals surface area contributed by atoms with E-state index in [0.717, 1.165) is 16.5 Å². The molecule has 0 fully saturated rings. The van der Waals surface area contributed by atoms with Gasteiger partial charge in [0.2, 0.25) is 0 Å². The van der Waals surface area contributed by atoms with Crippen molar-refractivity contribution in [3.63, 3.8) is 0 Å². The van der Waals surface area contributed by atoms with Gasteiger partial charge in [0.15, 0.2) is 0 Å². The van der Waals surface area contributed by atoms with Gasteiger partial charge in [-0.05, 0) is 27.2 Å². The van der Waals surface area contributed by atoms with Crippen LogP contribution in [-0.4, -0.2) is 5.11 Å². The van der Waals surface area contributed by atoms with Crippen LogP contribution in [0.5, 0.6) is 0 Å². The molecule has 1 N–H and O–H groups in total. The lowest BCUT2D eigenvalue weighted by Gasteiger charge is -2.16. The number of hydrogen-bond donors (Lipinski definition) is 1. The van der Waals surface area contributed by atoms with Crippen LogP contribution in [0.15, 0.2) is 15.2 Å². The first-order valence-electron chi connectivity index (χ1n) is 4.06. The van der Waals surface area contributed by atoms with Gasteiger partial charge in [0, 0.05) is 15.4 Å². The molecule has 1 nitrogen and oxygen atoms in total. The zero-order valence-corrected chi connectivity index (χ0v) is 9.65. The lowest BCUT2D eigenvalue weighted by molar-refractivity contribution is 0.115. The lowest BCUT2D eigenvalue weighted by Crippen LogP contribution is -2.07. The number of halogens is 1. The molecule has 2 atom stereocenters. The molecule has 0 saturated carbocycles. The van der Waals surface area contributed by atoms with E-state index in [1.807, 2.05) is 10.8 Å². The summed E-state index contributed by atoms with van der Waals surface area (Å²) in [6, 6.07) is 0. The van der Waals surface area contributed by atoms with Crippen LogP contribution in [0.1, 0.15) is 31.9 Å². The SMILES string of the molecule is CCC(C)C(O)c1cscc1Br. The summed E-state index contributed by atoms with van der Waals surface area (Å²) in [7, 11) is 0. The first-order valence-corrected chi connectivity index (χ1v) is 5.80. The summed E-state index contributed by atoms with van der Waals surface area (Å²) < 4.78 is 1.03. The molecule has 0 bridgehead atoms. The number of aliphatic hydroxyl groups excluding tert-OH is 1. The molecule has 0 saturated heterocycles. The number of thiophene rings is 1. The van der Waals surface area contributed by atoms with Gasteiger partial charge in [-0.2, -0.15) is 11.3 Å². The van der Waals surface area contributed by atoms with E-state index < -0.39 is 0 Å². The zero-order chi connectivity index (χ0) is 9.14. The Labute approximate surface area is 85.6 Å². The van der Waals surface area contributed by atoms with Crippen molar-refractivity contribution in [2.45, 2.75) is 26.4 Å². The summed E-state index contributed by atoms with van der Waals surface area (Å²) in [5, 5.41) is 13.8. The van der Waals surface area contributed by atoms with Crippen molar-refractivity contribution in [2.75, 3.05) is 0 Å². The van der Waals surface area contributed by atoms with Crippen molar-refractivity contribution < 1.29 is 5.11 Å². The van der Waals surface area contributed by atoms with Crippen LogP contribution < -0.4 is 0 Å². The van der Waals surface area contributed by atoms with Gasteiger partial charge < -0.3 is 5.11 Å². The Hall–Kier alpha value is 0.140. The van der Waals surface area contributed by atoms with E-state index in [4.69, 9.17) is 0 Å². The van der Waals surface area contributed by atoms with Crippen LogP contribution in [0.3, 0.4) is 0 Å². The molecule has 0 aliphatic rings. The molecule has 68 valence electrons. The molecule has 3 heteroatoms. The van der Waals surface area contributed by atoms with Crippen LogP contribution in [0.4, 0.5) is 0 Å². The summed E-state index contributed by atoms with van der Waals surface area (Å²) in [5.41, 5.74) is 1.02. The Kier molecular flexibility index (Phi) is 3.75. The normalized spacial score (nSPS) is 16.0. The van der Waals surface area contributed by atoms with Crippen LogP contribution >= 0.6 is 27.3 Å². The second-order valence-corrected chi connectivity index (χ2v) is 4.60. The monoisotopic (exact) mass is 248 g/mol. The fraction of sp³-hybridized carbons (Fsp3) is 0.556. The molecule has 0 aliphatic carbocycles. The number of aliphatic hydroxyl groups is 1. The minimum Gasteiger partial charge on any atom is -0.388 e. The Bertz CT molecular complexity index is 246. The zero-order valence-electron chi connectivity index (χ0n) is 7.25. The summed E-state index contributed by atoms with van der Waals surface area (Å²) in [5.74, 6) is 0.330. The fourth-order valence-corrected chi connectivity index (χ4v) is 2.59. The average molecular weight is 249 g/mol. The molecule has 0 spiro atoms. The Morgan fingerprint density at radius 1 is 1.58 bits per heavy atom. The van der Waals surface area contributed by atoms with Gasteiger partial charge in [-0.3, -0.25) is 0 Å². The third kappa shape index (κ3) is 2.09. The summed E-state index contributed by atoms with van der Waals surface area (Å²) in [6.07, 6.45) is 0.680. The molecule has 1 aromatic heterocycles. The Balaban J connectivity index is 2.77. The van der Waals surface area contributed by atoms with Crippen molar-refractivity contribution >= 4 is 27.3 Å². The van der Waals surface area contributed by atoms with Gasteiger partial charge in [-0.25, -0.2) is 0 Å². The lowest BCUT2D eigenvalue weighted by atomic mass is 9.97. The van der Waals surface area contributed by atoms with Crippen molar-refractivity contribution in [1.29, 1.82) is 0 Å². The fourth-order valence-electron chi connectivity index (χ4n) is 1.03. The summed E-state index contributed by atoms with van der Waals surface area (Å²) >= 11 is 5.03. The maximum absolute atomic E-state index is 9.84. The molecule has 1 rings (SSSR count). The molecule has 1 aromatic rings. The van der Waals surface area contributed by atoms with E-state index in [2.05, 4.69) is 29.8 Å². The van der Waals surface area contributed by atoms with Crippen LogP contribution in [0.25, 0.3) is 0 Å². The van der Waals surface area contributed by atoms with Crippen molar-refractivity contribution in [2.24, 2.45) is 5.92 Å². The predicted octanol–water partition coefficient (Wildman–Crippen LogP) is 3.59. The molecule has 2 unspecified atom stereocenters. The van der Waals surface area contributed by atoms with Crippen molar-refractivity contribution in [3.05, 3.63) is 20.8 Å². The minimum absolute atomic E-state index is 0.323. The summed E-state index contributed by atoms with van der Waals surface area (Å²) in [6.45, 7) is 4.16. The van der Waals surface area contributed by atoms with Crippen LogP contribution in [0.2, 0.25) is 0 Å². The van der Waals surface area contributed by atoms with Crippen molar-refractivity contribution in [3.8, 4) is 0 Å². The maximum Gasteiger partial charge on any atom is 0.0834 e. The molecule has 0 aliphatic heterocycles. The van der Waals surface area contributed by atoms with Gasteiger partial charge in [-0.15, -0.1) is 0 Å². The molecule has 1 heterocycles. The van der Waals surface area contributed by atoms with Crippen molar-refractivity contribution in [1.82, 2.24) is 0 Å². The molecule has 0 aromatic carbocycles. The van der Waals surface area contributed by atoms with E-state index in [1.54, 1.807) is 11.3 Å². The smallest absolute Gasteiger partial charge is 0.0834 e. The van der Waals surface area contributed by atoms with E-state index in [0.29, 0.717) is 5.92 Å². The van der Waals surface area contributed by atoms with Gasteiger partial charge in [-0.1, -0.05) is 20.3 Å². The standard InChI is InChI=1S/C9H13BrOS/c1-3-6(2)9(11)7-4-12-5-8(7)10/h4-6,9,11H,3H2,1-2H3. The molecular weight excluding hydrogens is 236 g/mol. The Morgan fingerprint density at radius 3 is 2.67 bits per heavy atom. The average Bonchev–Trinajstić information content (AvgIpc) is 2.48. The molecular formula is C9H13BrOS. The van der Waals surface area contributed by atoms with Crippen LogP contribution in [-0.2, 0) is 0 Å². The summed E-state index contributed by atoms with van der Waals surface area (Å²) in [4.78, 5) is 0. The predicted molar refractivity (Wildman–Crippen MR) is 56.4 cm³/mol. The highest BCUT2D eigenvalue weighted by atomic mass is 79.9. The maximum atomic E-state index is 9.84. The number of rotatable bonds is 3. The Morgan fingerprint density at radius 2 is 2.25 bits per heavy atom. The molecule has 0 amide bonds. The highest BCUT2D eigenvalue weighted by Crippen LogP contribution is 2.32. The van der Waals surface area contributed by atoms with Gasteiger partial charge in [0.05, 0.1) is 6.10 Å². The second kappa shape index (κ2) is 4.40. The second-order valence-electron chi connectivity index (χ2n) is 3.01. The van der Waals surface area contributed by atoms with Gasteiger partial charge in [0.25, 0.3) is 0 Å². The topological polar surface area (TPSA) is 20.2 Å². The third-order valence-electron chi connectivity index (χ3n) is 2.14. The largest absolute Gasteiger partial charge is 0.388 e. The van der Waals surface area contributed by atoms with Gasteiger partial charge >= 0.3 is 0 Å². The third-order valence-corrected chi connectivity index (χ3v) is 3.90. The highest BCUT2D eigenvalue weighted by Gasteiger charge is 2.17. The number of hydrogen-bond acceptors (Lipinski definition) is 2. The minimum atomic E-state index is -0.323. The first-order chi connectivity index (χ1) is 5.66. The van der Waals surface area contributed by atoms with E-state index >= 15 is 0 Å². The van der Waals surface area contributed by atoms with E-state index in [-0.39, 0.29) is 6.10 Å². The quantitative estimate of drug-likeness (QED) is 0.867. The van der Waals surface area contributed by atoms with Crippen LogP contribution in [0, 0.1) is 5.92 Å².